The molecular weight excluding hydrogens is 374 g/mol. The Balaban J connectivity index is 2.84. The van der Waals surface area contributed by atoms with Gasteiger partial charge < -0.3 is 0 Å². The summed E-state index contributed by atoms with van der Waals surface area (Å²) >= 11 is 4.64. The number of halogens is 2. The summed E-state index contributed by atoms with van der Waals surface area (Å²) in [5.74, 6) is 0. The molecule has 0 fully saturated rings. The van der Waals surface area contributed by atoms with E-state index in [1.807, 2.05) is 6.07 Å². The summed E-state index contributed by atoms with van der Waals surface area (Å²) < 4.78 is 2.47. The summed E-state index contributed by atoms with van der Waals surface area (Å²) in [6.45, 7) is 0. The third-order valence-electron chi connectivity index (χ3n) is 1.70. The Bertz CT molecular complexity index is 381. The quantitative estimate of drug-likeness (QED) is 0.611. The van der Waals surface area contributed by atoms with E-state index in [1.54, 1.807) is 0 Å². The molecule has 0 aliphatic carbocycles. The maximum absolute atomic E-state index is 3.34. The van der Waals surface area contributed by atoms with E-state index in [4.69, 9.17) is 0 Å². The van der Waals surface area contributed by atoms with Crippen LogP contribution in [0, 0.1) is 13.2 Å². The number of rotatable bonds is 0. The predicted molar refractivity (Wildman–Crippen MR) is 68.2 cm³/mol. The van der Waals surface area contributed by atoms with Gasteiger partial charge in [-0.2, -0.15) is 0 Å². The van der Waals surface area contributed by atoms with E-state index >= 15 is 0 Å². The minimum atomic E-state index is 1.20. The van der Waals surface area contributed by atoms with E-state index in [2.05, 4.69) is 75.5 Å². The Kier molecular flexibility index (Phi) is 2.55. The van der Waals surface area contributed by atoms with Gasteiger partial charge in [-0.1, -0.05) is 24.3 Å². The Hall–Kier alpha value is 0.160. The first-order valence-electron chi connectivity index (χ1n) is 3.53. The van der Waals surface area contributed by atoms with Gasteiger partial charge in [-0.25, -0.2) is 0 Å². The van der Waals surface area contributed by atoms with Crippen LogP contribution in [0.15, 0.2) is 30.3 Å². The summed E-state index contributed by atoms with van der Waals surface area (Å²) in [5, 5.41) is 2.46. The first-order valence-corrected chi connectivity index (χ1v) is 5.69. The number of hydrogen-bond acceptors (Lipinski definition) is 0. The van der Waals surface area contributed by atoms with E-state index in [9.17, 15) is 0 Å². The molecule has 0 aliphatic rings. The zero-order chi connectivity index (χ0) is 8.55. The van der Waals surface area contributed by atoms with Crippen molar-refractivity contribution >= 4 is 56.0 Å². The molecule has 2 aromatic rings. The van der Waals surface area contributed by atoms with Crippen LogP contribution in [0.1, 0.15) is 0 Å². The third kappa shape index (κ3) is 1.59. The van der Waals surface area contributed by atoms with Crippen LogP contribution in [-0.2, 0) is 0 Å². The van der Waals surface area contributed by atoms with Gasteiger partial charge in [-0.05, 0) is 62.0 Å². The third-order valence-corrected chi connectivity index (χ3v) is 4.43. The molecule has 0 aromatic heterocycles. The second-order valence-corrected chi connectivity index (χ2v) is 4.76. The van der Waals surface area contributed by atoms with Crippen molar-refractivity contribution in [2.24, 2.45) is 0 Å². The molecule has 0 bridgehead atoms. The van der Waals surface area contributed by atoms with E-state index in [1.165, 1.54) is 17.9 Å². The van der Waals surface area contributed by atoms with E-state index in [0.717, 1.165) is 0 Å². The molecule has 0 atom stereocenters. The van der Waals surface area contributed by atoms with Gasteiger partial charge in [0.15, 0.2) is 0 Å². The highest BCUT2D eigenvalue weighted by molar-refractivity contribution is 14.1. The molecule has 0 saturated carbocycles. The summed E-state index contributed by atoms with van der Waals surface area (Å²) in [7, 11) is 0. The molecule has 0 N–H and O–H groups in total. The number of fused-ring (bicyclic) bond motifs is 1. The lowest BCUT2D eigenvalue weighted by atomic mass is 10.1. The van der Waals surface area contributed by atoms with Crippen LogP contribution in [-0.4, -0.2) is 0 Å². The molecule has 0 aliphatic heterocycles. The van der Waals surface area contributed by atoms with Gasteiger partial charge in [0.05, 0.1) is 0 Å². The molecule has 2 aromatic carbocycles. The highest BCUT2D eigenvalue weighted by atomic mass is 127. The first kappa shape index (κ1) is 8.74. The van der Waals surface area contributed by atoms with E-state index in [-0.39, 0.29) is 0 Å². The zero-order valence-electron chi connectivity index (χ0n) is 6.14. The van der Waals surface area contributed by atoms with Gasteiger partial charge in [0, 0.05) is 13.2 Å². The van der Waals surface area contributed by atoms with Gasteiger partial charge in [-0.3, -0.25) is 0 Å². The molecular formula is C10H5I2. The van der Waals surface area contributed by atoms with Crippen LogP contribution >= 0.6 is 45.2 Å². The minimum Gasteiger partial charge on any atom is -0.0616 e. The van der Waals surface area contributed by atoms with Gasteiger partial charge in [-0.15, -0.1) is 0 Å². The number of benzene rings is 2. The van der Waals surface area contributed by atoms with Crippen LogP contribution in [0.25, 0.3) is 10.8 Å². The molecule has 0 saturated heterocycles. The molecule has 2 rings (SSSR count). The zero-order valence-corrected chi connectivity index (χ0v) is 10.5. The lowest BCUT2D eigenvalue weighted by Crippen LogP contribution is -1.80. The smallest absolute Gasteiger partial charge is 0.0349 e. The maximum atomic E-state index is 3.34. The van der Waals surface area contributed by atoms with Crippen LogP contribution in [0.2, 0.25) is 0 Å². The topological polar surface area (TPSA) is 0 Å². The van der Waals surface area contributed by atoms with Crippen molar-refractivity contribution in [3.05, 3.63) is 43.5 Å². The van der Waals surface area contributed by atoms with Crippen molar-refractivity contribution in [1.82, 2.24) is 0 Å². The van der Waals surface area contributed by atoms with Crippen molar-refractivity contribution in [1.29, 1.82) is 0 Å². The first-order chi connectivity index (χ1) is 5.77. The summed E-state index contributed by atoms with van der Waals surface area (Å²) in [4.78, 5) is 0. The Morgan fingerprint density at radius 3 is 2.67 bits per heavy atom. The van der Waals surface area contributed by atoms with Crippen LogP contribution in [0.4, 0.5) is 0 Å². The largest absolute Gasteiger partial charge is 0.0616 e. The fraction of sp³-hybridized carbons (Fsp3) is 0. The molecule has 2 heteroatoms. The predicted octanol–water partition coefficient (Wildman–Crippen LogP) is 3.85. The Morgan fingerprint density at radius 2 is 1.83 bits per heavy atom. The van der Waals surface area contributed by atoms with Crippen molar-refractivity contribution < 1.29 is 0 Å². The van der Waals surface area contributed by atoms with Gasteiger partial charge in [0.1, 0.15) is 0 Å². The second-order valence-electron chi connectivity index (χ2n) is 2.52. The van der Waals surface area contributed by atoms with Crippen molar-refractivity contribution in [2.75, 3.05) is 0 Å². The highest BCUT2D eigenvalue weighted by Crippen LogP contribution is 2.21. The molecule has 0 spiro atoms. The second kappa shape index (κ2) is 3.49. The average Bonchev–Trinajstić information content (AvgIpc) is 2.07. The molecule has 12 heavy (non-hydrogen) atoms. The van der Waals surface area contributed by atoms with Gasteiger partial charge in [0.2, 0.25) is 0 Å². The van der Waals surface area contributed by atoms with E-state index in [0.29, 0.717) is 0 Å². The van der Waals surface area contributed by atoms with Gasteiger partial charge >= 0.3 is 0 Å². The summed E-state index contributed by atoms with van der Waals surface area (Å²) in [6, 6.07) is 13.8. The SMILES string of the molecule is Ic1[c]c2ccccc2cc1I. The Labute approximate surface area is 98.6 Å². The van der Waals surface area contributed by atoms with Crippen LogP contribution in [0.3, 0.4) is 0 Å². The maximum Gasteiger partial charge on any atom is 0.0349 e. The fourth-order valence-electron chi connectivity index (χ4n) is 1.11. The average molecular weight is 379 g/mol. The Morgan fingerprint density at radius 1 is 1.08 bits per heavy atom. The monoisotopic (exact) mass is 379 g/mol. The van der Waals surface area contributed by atoms with Crippen molar-refractivity contribution in [2.45, 2.75) is 0 Å². The lowest BCUT2D eigenvalue weighted by Gasteiger charge is -1.99. The molecule has 0 unspecified atom stereocenters. The van der Waals surface area contributed by atoms with Crippen LogP contribution in [0.5, 0.6) is 0 Å². The van der Waals surface area contributed by atoms with E-state index < -0.39 is 0 Å². The summed E-state index contributed by atoms with van der Waals surface area (Å²) in [5.41, 5.74) is 0. The lowest BCUT2D eigenvalue weighted by molar-refractivity contribution is 1.62. The standard InChI is InChI=1S/C10H5I2/c11-9-5-7-3-1-2-4-8(7)6-10(9)12/h1-5H. The van der Waals surface area contributed by atoms with Crippen molar-refractivity contribution in [3.8, 4) is 0 Å². The minimum absolute atomic E-state index is 1.20. The molecule has 0 nitrogen and oxygen atoms in total. The molecule has 1 radical (unpaired) electrons. The molecule has 59 valence electrons. The molecule has 0 heterocycles. The normalized spacial score (nSPS) is 10.5. The fourth-order valence-corrected chi connectivity index (χ4v) is 2.03. The molecule has 0 amide bonds. The highest BCUT2D eigenvalue weighted by Gasteiger charge is 1.98. The number of hydrogen-bond donors (Lipinski definition) is 0. The summed E-state index contributed by atoms with van der Waals surface area (Å²) in [6.07, 6.45) is 0. The van der Waals surface area contributed by atoms with Crippen LogP contribution < -0.4 is 0 Å². The van der Waals surface area contributed by atoms with Crippen molar-refractivity contribution in [3.63, 3.8) is 0 Å². The van der Waals surface area contributed by atoms with Gasteiger partial charge in [0.25, 0.3) is 0 Å².